The smallest absolute Gasteiger partial charge is 0.250 e. The van der Waals surface area contributed by atoms with Gasteiger partial charge in [0.15, 0.2) is 0 Å². The molecule has 8 nitrogen and oxygen atoms in total. The maximum atomic E-state index is 13.6. The maximum absolute atomic E-state index is 13.6. The Bertz CT molecular complexity index is 1510. The number of aromatic nitrogens is 3. The lowest BCUT2D eigenvalue weighted by molar-refractivity contribution is -0.143. The highest BCUT2D eigenvalue weighted by atomic mass is 16.2. The van der Waals surface area contributed by atoms with Gasteiger partial charge in [0, 0.05) is 41.9 Å². The quantitative estimate of drug-likeness (QED) is 0.431. The van der Waals surface area contributed by atoms with Gasteiger partial charge in [-0.2, -0.15) is 0 Å². The molecule has 3 N–H and O–H groups in total. The van der Waals surface area contributed by atoms with Crippen LogP contribution >= 0.6 is 0 Å². The fourth-order valence-corrected chi connectivity index (χ4v) is 6.77. The van der Waals surface area contributed by atoms with E-state index in [2.05, 4.69) is 37.4 Å². The highest BCUT2D eigenvalue weighted by Crippen LogP contribution is 2.48. The molecule has 1 spiro atoms. The summed E-state index contributed by atoms with van der Waals surface area (Å²) < 4.78 is 2.06. The zero-order valence-electron chi connectivity index (χ0n) is 22.8. The normalized spacial score (nSPS) is 20.1. The van der Waals surface area contributed by atoms with Crippen LogP contribution in [0.5, 0.6) is 0 Å². The topological polar surface area (TPSA) is 106 Å². The van der Waals surface area contributed by atoms with E-state index >= 15 is 0 Å². The van der Waals surface area contributed by atoms with Gasteiger partial charge in [-0.1, -0.05) is 24.8 Å². The van der Waals surface area contributed by atoms with E-state index in [0.29, 0.717) is 23.0 Å². The monoisotopic (exact) mass is 524 g/mol. The molecule has 8 heteroatoms. The number of nitrogen functional groups attached to an aromatic ring is 1. The van der Waals surface area contributed by atoms with Crippen LogP contribution in [0.1, 0.15) is 63.9 Å². The summed E-state index contributed by atoms with van der Waals surface area (Å²) in [5.74, 6) is 0.624. The number of likely N-dealkylation sites (tertiary alicyclic amines) is 1. The van der Waals surface area contributed by atoms with Crippen molar-refractivity contribution in [2.24, 2.45) is 13.0 Å². The van der Waals surface area contributed by atoms with Crippen LogP contribution in [0.2, 0.25) is 0 Å². The van der Waals surface area contributed by atoms with Crippen LogP contribution in [0.25, 0.3) is 27.9 Å². The first-order valence-electron chi connectivity index (χ1n) is 14.0. The molecule has 2 fully saturated rings. The van der Waals surface area contributed by atoms with Gasteiger partial charge in [0.05, 0.1) is 11.1 Å². The number of aryl methyl sites for hydroxylation is 1. The SMILES string of the molecule is C=C(C)C(=O)Nc1ccc(-c2c(C3=CC[C@@H](C(=O)N4CCCC45CCC5)CC3)c3c(N)ncnc3n2C)cc1. The maximum Gasteiger partial charge on any atom is 0.250 e. The zero-order valence-corrected chi connectivity index (χ0v) is 22.8. The van der Waals surface area contributed by atoms with Gasteiger partial charge in [0.2, 0.25) is 5.91 Å². The highest BCUT2D eigenvalue weighted by molar-refractivity contribution is 6.05. The number of carbonyl (C=O) groups excluding carboxylic acids is 2. The van der Waals surface area contributed by atoms with Crippen molar-refractivity contribution in [3.8, 4) is 11.3 Å². The molecule has 1 saturated carbocycles. The molecular weight excluding hydrogens is 488 g/mol. The molecular formula is C31H36N6O2. The number of nitrogens with one attached hydrogen (secondary N) is 1. The number of hydrogen-bond acceptors (Lipinski definition) is 5. The average molecular weight is 525 g/mol. The summed E-state index contributed by atoms with van der Waals surface area (Å²) in [5.41, 5.74) is 12.7. The molecule has 39 heavy (non-hydrogen) atoms. The Morgan fingerprint density at radius 1 is 1.13 bits per heavy atom. The molecule has 1 saturated heterocycles. The Labute approximate surface area is 229 Å². The first-order valence-corrected chi connectivity index (χ1v) is 14.0. The summed E-state index contributed by atoms with van der Waals surface area (Å²) in [6, 6.07) is 7.78. The number of fused-ring (bicyclic) bond motifs is 1. The Hall–Kier alpha value is -3.94. The lowest BCUT2D eigenvalue weighted by atomic mass is 9.74. The van der Waals surface area contributed by atoms with E-state index in [0.717, 1.165) is 60.1 Å². The number of hydrogen-bond donors (Lipinski definition) is 2. The summed E-state index contributed by atoms with van der Waals surface area (Å²) in [4.78, 5) is 36.8. The van der Waals surface area contributed by atoms with Crippen LogP contribution in [0.4, 0.5) is 11.5 Å². The standard InChI is InChI=1S/C31H36N6O2/c1-19(2)29(38)35-23-12-10-21(11-13-23)26-24(25-27(32)33-18-34-28(25)36(26)3)20-6-8-22(9-7-20)30(39)37-17-5-16-31(37)14-4-15-31/h6,10-13,18,22H,1,4-5,7-9,14-17H2,2-3H3,(H,35,38)(H2,32,33,34)/t22-/m1/s1. The molecule has 2 amide bonds. The Morgan fingerprint density at radius 3 is 2.51 bits per heavy atom. The van der Waals surface area contributed by atoms with E-state index in [4.69, 9.17) is 5.73 Å². The molecule has 0 radical (unpaired) electrons. The van der Waals surface area contributed by atoms with Gasteiger partial charge in [-0.25, -0.2) is 9.97 Å². The van der Waals surface area contributed by atoms with Crippen LogP contribution in [-0.4, -0.2) is 43.3 Å². The third kappa shape index (κ3) is 4.22. The number of benzene rings is 1. The molecule has 1 atom stereocenters. The summed E-state index contributed by atoms with van der Waals surface area (Å²) in [6.07, 6.45) is 12.0. The van der Waals surface area contributed by atoms with E-state index in [9.17, 15) is 9.59 Å². The molecule has 0 bridgehead atoms. The predicted molar refractivity (Wildman–Crippen MR) is 155 cm³/mol. The molecule has 1 aromatic carbocycles. The minimum Gasteiger partial charge on any atom is -0.383 e. The third-order valence-corrected chi connectivity index (χ3v) is 9.03. The predicted octanol–water partition coefficient (Wildman–Crippen LogP) is 5.46. The van der Waals surface area contributed by atoms with Gasteiger partial charge in [0.25, 0.3) is 5.91 Å². The van der Waals surface area contributed by atoms with Crippen molar-refractivity contribution in [1.29, 1.82) is 0 Å². The van der Waals surface area contributed by atoms with Crippen molar-refractivity contribution < 1.29 is 9.59 Å². The van der Waals surface area contributed by atoms with E-state index < -0.39 is 0 Å². The highest BCUT2D eigenvalue weighted by Gasteiger charge is 2.48. The fourth-order valence-electron chi connectivity index (χ4n) is 6.77. The molecule has 2 aliphatic carbocycles. The summed E-state index contributed by atoms with van der Waals surface area (Å²) in [7, 11) is 1.99. The third-order valence-electron chi connectivity index (χ3n) is 9.03. The molecule has 6 rings (SSSR count). The van der Waals surface area contributed by atoms with Gasteiger partial charge in [0.1, 0.15) is 17.8 Å². The number of nitrogens with zero attached hydrogens (tertiary/aromatic N) is 4. The number of nitrogens with two attached hydrogens (primary N) is 1. The minimum atomic E-state index is -0.204. The molecule has 1 aliphatic heterocycles. The van der Waals surface area contributed by atoms with E-state index in [-0.39, 0.29) is 17.4 Å². The minimum absolute atomic E-state index is 0.0348. The second-order valence-corrected chi connectivity index (χ2v) is 11.4. The van der Waals surface area contributed by atoms with Crippen LogP contribution in [0.3, 0.4) is 0 Å². The largest absolute Gasteiger partial charge is 0.383 e. The van der Waals surface area contributed by atoms with Crippen LogP contribution in [0, 0.1) is 5.92 Å². The second kappa shape index (κ2) is 9.67. The first-order chi connectivity index (χ1) is 18.8. The van der Waals surface area contributed by atoms with Crippen LogP contribution < -0.4 is 11.1 Å². The Morgan fingerprint density at radius 2 is 1.87 bits per heavy atom. The Balaban J connectivity index is 1.34. The van der Waals surface area contributed by atoms with E-state index in [1.807, 2.05) is 31.3 Å². The molecule has 0 unspecified atom stereocenters. The molecule has 3 aliphatic rings. The van der Waals surface area contributed by atoms with E-state index in [1.165, 1.54) is 37.6 Å². The van der Waals surface area contributed by atoms with Gasteiger partial charge in [-0.3, -0.25) is 9.59 Å². The van der Waals surface area contributed by atoms with Crippen molar-refractivity contribution in [3.05, 3.63) is 54.4 Å². The van der Waals surface area contributed by atoms with Gasteiger partial charge < -0.3 is 20.5 Å². The second-order valence-electron chi connectivity index (χ2n) is 11.4. The van der Waals surface area contributed by atoms with Crippen molar-refractivity contribution in [2.75, 3.05) is 17.6 Å². The lowest BCUT2D eigenvalue weighted by Gasteiger charge is -2.47. The van der Waals surface area contributed by atoms with E-state index in [1.54, 1.807) is 6.92 Å². The van der Waals surface area contributed by atoms with Crippen LogP contribution in [0.15, 0.2) is 48.8 Å². The summed E-state index contributed by atoms with van der Waals surface area (Å²) in [6.45, 7) is 6.30. The zero-order chi connectivity index (χ0) is 27.3. The summed E-state index contributed by atoms with van der Waals surface area (Å²) in [5, 5.41) is 3.71. The lowest BCUT2D eigenvalue weighted by Crippen LogP contribution is -2.53. The molecule has 202 valence electrons. The number of amides is 2. The van der Waals surface area contributed by atoms with Crippen molar-refractivity contribution in [3.63, 3.8) is 0 Å². The van der Waals surface area contributed by atoms with Crippen LogP contribution in [-0.2, 0) is 16.6 Å². The fraction of sp³-hybridized carbons (Fsp3) is 0.419. The van der Waals surface area contributed by atoms with Crippen molar-refractivity contribution in [1.82, 2.24) is 19.4 Å². The number of anilines is 2. The molecule has 3 aromatic rings. The average Bonchev–Trinajstić information content (AvgIpc) is 3.50. The number of rotatable bonds is 5. The number of allylic oxidation sites excluding steroid dienone is 2. The molecule has 3 heterocycles. The molecule has 2 aromatic heterocycles. The first kappa shape index (κ1) is 25.3. The Kier molecular flexibility index (Phi) is 6.28. The van der Waals surface area contributed by atoms with Crippen molar-refractivity contribution >= 4 is 39.9 Å². The van der Waals surface area contributed by atoms with Gasteiger partial charge >= 0.3 is 0 Å². The number of carbonyl (C=O) groups is 2. The van der Waals surface area contributed by atoms with Gasteiger partial charge in [-0.15, -0.1) is 0 Å². The van der Waals surface area contributed by atoms with Crippen molar-refractivity contribution in [2.45, 2.75) is 63.8 Å². The summed E-state index contributed by atoms with van der Waals surface area (Å²) >= 11 is 0. The van der Waals surface area contributed by atoms with Gasteiger partial charge in [-0.05, 0) is 81.6 Å².